The summed E-state index contributed by atoms with van der Waals surface area (Å²) in [7, 11) is 1.96. The molecule has 1 aliphatic heterocycles. The van der Waals surface area contributed by atoms with E-state index in [1.165, 1.54) is 4.90 Å². The van der Waals surface area contributed by atoms with E-state index in [0.717, 1.165) is 13.0 Å². The van der Waals surface area contributed by atoms with E-state index in [9.17, 15) is 9.59 Å². The second kappa shape index (κ2) is 6.24. The summed E-state index contributed by atoms with van der Waals surface area (Å²) in [4.78, 5) is 26.9. The number of carbonyl (C=O) groups is 2. The molecule has 1 atom stereocenters. The van der Waals surface area contributed by atoms with Crippen LogP contribution in [0.4, 0.5) is 5.69 Å². The number of carbonyl (C=O) groups excluding carboxylic acids is 1. The number of rotatable bonds is 4. The molecule has 20 heavy (non-hydrogen) atoms. The van der Waals surface area contributed by atoms with Gasteiger partial charge >= 0.3 is 5.97 Å². The maximum Gasteiger partial charge on any atom is 0.323 e. The highest BCUT2D eigenvalue weighted by Crippen LogP contribution is 2.23. The van der Waals surface area contributed by atoms with Crippen molar-refractivity contribution in [2.24, 2.45) is 5.92 Å². The average molecular weight is 297 g/mol. The topological polar surface area (TPSA) is 60.9 Å². The molecule has 1 N–H and O–H groups in total. The fourth-order valence-corrected chi connectivity index (χ4v) is 2.54. The summed E-state index contributed by atoms with van der Waals surface area (Å²) >= 11 is 5.82. The van der Waals surface area contributed by atoms with Crippen molar-refractivity contribution in [1.82, 2.24) is 4.90 Å². The van der Waals surface area contributed by atoms with Crippen LogP contribution in [0.25, 0.3) is 0 Å². The first-order valence-corrected chi connectivity index (χ1v) is 6.82. The Morgan fingerprint density at radius 2 is 2.05 bits per heavy atom. The Bertz CT molecular complexity index is 504. The summed E-state index contributed by atoms with van der Waals surface area (Å²) in [6.07, 6.45) is 0.763. The van der Waals surface area contributed by atoms with E-state index in [0.29, 0.717) is 17.3 Å². The minimum Gasteiger partial charge on any atom is -0.480 e. The lowest BCUT2D eigenvalue weighted by Gasteiger charge is -2.24. The zero-order valence-electron chi connectivity index (χ0n) is 11.3. The van der Waals surface area contributed by atoms with Crippen molar-refractivity contribution < 1.29 is 14.7 Å². The highest BCUT2D eigenvalue weighted by molar-refractivity contribution is 6.30. The molecule has 0 radical (unpaired) electrons. The van der Waals surface area contributed by atoms with Gasteiger partial charge in [-0.15, -0.1) is 0 Å². The summed E-state index contributed by atoms with van der Waals surface area (Å²) in [6, 6.07) is 6.64. The molecule has 2 rings (SSSR count). The monoisotopic (exact) mass is 296 g/mol. The van der Waals surface area contributed by atoms with Gasteiger partial charge in [0.05, 0.1) is 5.92 Å². The van der Waals surface area contributed by atoms with Gasteiger partial charge in [0, 0.05) is 17.3 Å². The van der Waals surface area contributed by atoms with Crippen LogP contribution in [0.1, 0.15) is 6.42 Å². The number of hydrogen-bond acceptors (Lipinski definition) is 3. The first kappa shape index (κ1) is 14.8. The third kappa shape index (κ3) is 3.49. The molecule has 0 spiro atoms. The van der Waals surface area contributed by atoms with E-state index in [1.54, 1.807) is 24.3 Å². The molecule has 0 aromatic heterocycles. The molecule has 0 bridgehead atoms. The zero-order valence-corrected chi connectivity index (χ0v) is 12.0. The van der Waals surface area contributed by atoms with Crippen LogP contribution in [0.5, 0.6) is 0 Å². The molecule has 1 aliphatic rings. The number of halogens is 1. The van der Waals surface area contributed by atoms with Gasteiger partial charge in [-0.2, -0.15) is 0 Å². The van der Waals surface area contributed by atoms with Crippen LogP contribution in [-0.4, -0.2) is 48.6 Å². The standard InChI is InChI=1S/C14H17ClN2O3/c1-16-7-6-10(8-16)14(20)17(9-13(18)19)12-4-2-11(15)3-5-12/h2-5,10H,6-9H2,1H3,(H,18,19). The van der Waals surface area contributed by atoms with E-state index in [2.05, 4.69) is 4.90 Å². The average Bonchev–Trinajstić information content (AvgIpc) is 2.83. The molecular weight excluding hydrogens is 280 g/mol. The van der Waals surface area contributed by atoms with E-state index in [1.807, 2.05) is 7.05 Å². The highest BCUT2D eigenvalue weighted by Gasteiger charge is 2.31. The fourth-order valence-electron chi connectivity index (χ4n) is 2.41. The lowest BCUT2D eigenvalue weighted by Crippen LogP contribution is -2.40. The summed E-state index contributed by atoms with van der Waals surface area (Å²) in [5.74, 6) is -1.31. The van der Waals surface area contributed by atoms with Crippen LogP contribution in [0.15, 0.2) is 24.3 Å². The molecule has 108 valence electrons. The van der Waals surface area contributed by atoms with E-state index in [-0.39, 0.29) is 18.4 Å². The molecule has 0 saturated carbocycles. The predicted octanol–water partition coefficient (Wildman–Crippen LogP) is 1.71. The number of amides is 1. The molecule has 6 heteroatoms. The Morgan fingerprint density at radius 1 is 1.40 bits per heavy atom. The Balaban J connectivity index is 2.20. The van der Waals surface area contributed by atoms with Crippen LogP contribution in [0.3, 0.4) is 0 Å². The third-order valence-electron chi connectivity index (χ3n) is 3.44. The van der Waals surface area contributed by atoms with Crippen LogP contribution < -0.4 is 4.90 Å². The number of hydrogen-bond donors (Lipinski definition) is 1. The maximum absolute atomic E-state index is 12.5. The zero-order chi connectivity index (χ0) is 14.7. The molecular formula is C14H17ClN2O3. The lowest BCUT2D eigenvalue weighted by molar-refractivity contribution is -0.137. The second-order valence-electron chi connectivity index (χ2n) is 5.04. The Hall–Kier alpha value is -1.59. The van der Waals surface area contributed by atoms with Crippen molar-refractivity contribution in [3.63, 3.8) is 0 Å². The minimum atomic E-state index is -1.03. The van der Waals surface area contributed by atoms with E-state index >= 15 is 0 Å². The number of aliphatic carboxylic acids is 1. The number of carboxylic acid groups (broad SMARTS) is 1. The van der Waals surface area contributed by atoms with Crippen molar-refractivity contribution in [3.05, 3.63) is 29.3 Å². The van der Waals surface area contributed by atoms with Crippen molar-refractivity contribution in [2.45, 2.75) is 6.42 Å². The van der Waals surface area contributed by atoms with E-state index < -0.39 is 5.97 Å². The fraction of sp³-hybridized carbons (Fsp3) is 0.429. The first-order chi connectivity index (χ1) is 9.47. The molecule has 1 saturated heterocycles. The number of nitrogens with zero attached hydrogens (tertiary/aromatic N) is 2. The van der Waals surface area contributed by atoms with Crippen molar-refractivity contribution in [3.8, 4) is 0 Å². The second-order valence-corrected chi connectivity index (χ2v) is 5.48. The molecule has 5 nitrogen and oxygen atoms in total. The molecule has 1 fully saturated rings. The summed E-state index contributed by atoms with van der Waals surface area (Å²) < 4.78 is 0. The van der Waals surface area contributed by atoms with Crippen LogP contribution in [0, 0.1) is 5.92 Å². The van der Waals surface area contributed by atoms with Gasteiger partial charge in [0.1, 0.15) is 6.54 Å². The smallest absolute Gasteiger partial charge is 0.323 e. The number of carboxylic acids is 1. The van der Waals surface area contributed by atoms with Gasteiger partial charge < -0.3 is 14.9 Å². The Kier molecular flexibility index (Phi) is 4.62. The van der Waals surface area contributed by atoms with E-state index in [4.69, 9.17) is 16.7 Å². The minimum absolute atomic E-state index is 0.140. The SMILES string of the molecule is CN1CCC(C(=O)N(CC(=O)O)c2ccc(Cl)cc2)C1. The van der Waals surface area contributed by atoms with Gasteiger partial charge in [0.25, 0.3) is 0 Å². The van der Waals surface area contributed by atoms with Crippen LogP contribution in [0.2, 0.25) is 5.02 Å². The molecule has 1 amide bonds. The number of anilines is 1. The van der Waals surface area contributed by atoms with Crippen molar-refractivity contribution in [2.75, 3.05) is 31.6 Å². The van der Waals surface area contributed by atoms with Gasteiger partial charge in [-0.25, -0.2) is 0 Å². The molecule has 1 aromatic carbocycles. The normalized spacial score (nSPS) is 19.0. The quantitative estimate of drug-likeness (QED) is 0.919. The van der Waals surface area contributed by atoms with Crippen molar-refractivity contribution in [1.29, 1.82) is 0 Å². The first-order valence-electron chi connectivity index (χ1n) is 6.44. The molecule has 1 unspecified atom stereocenters. The third-order valence-corrected chi connectivity index (χ3v) is 3.69. The van der Waals surface area contributed by atoms with Crippen molar-refractivity contribution >= 4 is 29.2 Å². The number of benzene rings is 1. The Morgan fingerprint density at radius 3 is 2.55 bits per heavy atom. The lowest BCUT2D eigenvalue weighted by atomic mass is 10.1. The van der Waals surface area contributed by atoms with Gasteiger partial charge in [-0.05, 0) is 44.3 Å². The van der Waals surface area contributed by atoms with Gasteiger partial charge in [0.2, 0.25) is 5.91 Å². The van der Waals surface area contributed by atoms with Crippen LogP contribution >= 0.6 is 11.6 Å². The largest absolute Gasteiger partial charge is 0.480 e. The Labute approximate surface area is 122 Å². The summed E-state index contributed by atoms with van der Waals surface area (Å²) in [6.45, 7) is 1.20. The van der Waals surface area contributed by atoms with Crippen LogP contribution in [-0.2, 0) is 9.59 Å². The molecule has 1 heterocycles. The van der Waals surface area contributed by atoms with Gasteiger partial charge in [-0.1, -0.05) is 11.6 Å². The molecule has 1 aromatic rings. The molecule has 0 aliphatic carbocycles. The predicted molar refractivity (Wildman–Crippen MR) is 77.0 cm³/mol. The highest BCUT2D eigenvalue weighted by atomic mass is 35.5. The maximum atomic E-state index is 12.5. The summed E-state index contributed by atoms with van der Waals surface area (Å²) in [5, 5.41) is 9.57. The van der Waals surface area contributed by atoms with Gasteiger partial charge in [-0.3, -0.25) is 9.59 Å². The van der Waals surface area contributed by atoms with Gasteiger partial charge in [0.15, 0.2) is 0 Å². The number of likely N-dealkylation sites (tertiary alicyclic amines) is 1. The summed E-state index contributed by atoms with van der Waals surface area (Å²) in [5.41, 5.74) is 0.566.